The SMILES string of the molecule is CC(C)CC(CN)NC(=O)COc1ccc(Br)cc1F.Cl. The van der Waals surface area contributed by atoms with Crippen molar-refractivity contribution < 1.29 is 13.9 Å². The van der Waals surface area contributed by atoms with E-state index in [1.807, 2.05) is 0 Å². The van der Waals surface area contributed by atoms with Gasteiger partial charge in [-0.2, -0.15) is 0 Å². The number of carbonyl (C=O) groups is 1. The quantitative estimate of drug-likeness (QED) is 0.761. The van der Waals surface area contributed by atoms with E-state index in [1.165, 1.54) is 12.1 Å². The van der Waals surface area contributed by atoms with E-state index in [-0.39, 0.29) is 36.7 Å². The molecule has 1 aromatic carbocycles. The van der Waals surface area contributed by atoms with Crippen molar-refractivity contribution in [2.45, 2.75) is 26.3 Å². The van der Waals surface area contributed by atoms with E-state index >= 15 is 0 Å². The van der Waals surface area contributed by atoms with E-state index in [4.69, 9.17) is 10.5 Å². The zero-order valence-electron chi connectivity index (χ0n) is 12.1. The summed E-state index contributed by atoms with van der Waals surface area (Å²) in [5.41, 5.74) is 5.60. The number of ether oxygens (including phenoxy) is 1. The van der Waals surface area contributed by atoms with Crippen LogP contribution >= 0.6 is 28.3 Å². The fourth-order valence-electron chi connectivity index (χ4n) is 1.79. The number of nitrogens with one attached hydrogen (secondary N) is 1. The average molecular weight is 384 g/mol. The topological polar surface area (TPSA) is 64.3 Å². The van der Waals surface area contributed by atoms with Gasteiger partial charge in [-0.25, -0.2) is 4.39 Å². The average Bonchev–Trinajstić information content (AvgIpc) is 2.36. The highest BCUT2D eigenvalue weighted by Crippen LogP contribution is 2.21. The molecular weight excluding hydrogens is 363 g/mol. The zero-order valence-corrected chi connectivity index (χ0v) is 14.5. The first-order valence-corrected chi connectivity index (χ1v) is 7.29. The Morgan fingerprint density at radius 3 is 2.67 bits per heavy atom. The van der Waals surface area contributed by atoms with Crippen LogP contribution in [0.25, 0.3) is 0 Å². The molecule has 120 valence electrons. The van der Waals surface area contributed by atoms with Crippen molar-refractivity contribution in [3.05, 3.63) is 28.5 Å². The molecule has 0 aliphatic heterocycles. The van der Waals surface area contributed by atoms with E-state index in [0.29, 0.717) is 16.9 Å². The van der Waals surface area contributed by atoms with Crippen molar-refractivity contribution in [2.75, 3.05) is 13.2 Å². The number of rotatable bonds is 7. The Hall–Kier alpha value is -0.850. The number of hydrogen-bond donors (Lipinski definition) is 2. The third kappa shape index (κ3) is 7.64. The minimum absolute atomic E-state index is 0. The highest BCUT2D eigenvalue weighted by Gasteiger charge is 2.13. The highest BCUT2D eigenvalue weighted by molar-refractivity contribution is 9.10. The number of amides is 1. The van der Waals surface area contributed by atoms with Gasteiger partial charge in [-0.05, 0) is 30.5 Å². The van der Waals surface area contributed by atoms with Crippen LogP contribution in [0.2, 0.25) is 0 Å². The first-order valence-electron chi connectivity index (χ1n) is 6.49. The van der Waals surface area contributed by atoms with Gasteiger partial charge in [0, 0.05) is 17.1 Å². The molecule has 0 aliphatic rings. The monoisotopic (exact) mass is 382 g/mol. The molecule has 21 heavy (non-hydrogen) atoms. The second kappa shape index (κ2) is 9.97. The van der Waals surface area contributed by atoms with E-state index in [9.17, 15) is 9.18 Å². The lowest BCUT2D eigenvalue weighted by atomic mass is 10.0. The highest BCUT2D eigenvalue weighted by atomic mass is 79.9. The molecule has 0 saturated carbocycles. The molecule has 0 aliphatic carbocycles. The molecule has 0 heterocycles. The maximum Gasteiger partial charge on any atom is 0.258 e. The van der Waals surface area contributed by atoms with Crippen LogP contribution in [0.3, 0.4) is 0 Å². The molecule has 0 fully saturated rings. The Morgan fingerprint density at radius 1 is 1.48 bits per heavy atom. The van der Waals surface area contributed by atoms with Crippen LogP contribution in [0.5, 0.6) is 5.75 Å². The molecule has 7 heteroatoms. The molecule has 0 bridgehead atoms. The number of nitrogens with two attached hydrogens (primary N) is 1. The Morgan fingerprint density at radius 2 is 2.14 bits per heavy atom. The number of carbonyl (C=O) groups excluding carboxylic acids is 1. The van der Waals surface area contributed by atoms with Gasteiger partial charge in [-0.1, -0.05) is 29.8 Å². The van der Waals surface area contributed by atoms with Crippen LogP contribution in [-0.2, 0) is 4.79 Å². The van der Waals surface area contributed by atoms with Crippen LogP contribution in [0, 0.1) is 11.7 Å². The van der Waals surface area contributed by atoms with Crippen LogP contribution in [0.4, 0.5) is 4.39 Å². The Bertz CT molecular complexity index is 461. The van der Waals surface area contributed by atoms with Crippen molar-refractivity contribution in [3.8, 4) is 5.75 Å². The molecule has 0 aromatic heterocycles. The van der Waals surface area contributed by atoms with Crippen LogP contribution in [0.1, 0.15) is 20.3 Å². The predicted molar refractivity (Wildman–Crippen MR) is 87.3 cm³/mol. The number of hydrogen-bond acceptors (Lipinski definition) is 3. The maximum absolute atomic E-state index is 13.5. The van der Waals surface area contributed by atoms with Crippen molar-refractivity contribution >= 4 is 34.2 Å². The van der Waals surface area contributed by atoms with Gasteiger partial charge in [-0.3, -0.25) is 4.79 Å². The molecule has 1 unspecified atom stereocenters. The number of halogens is 3. The lowest BCUT2D eigenvalue weighted by Crippen LogP contribution is -2.43. The molecule has 1 rings (SSSR count). The van der Waals surface area contributed by atoms with E-state index in [0.717, 1.165) is 6.42 Å². The van der Waals surface area contributed by atoms with Gasteiger partial charge in [0.15, 0.2) is 18.2 Å². The fraction of sp³-hybridized carbons (Fsp3) is 0.500. The summed E-state index contributed by atoms with van der Waals surface area (Å²) < 4.78 is 19.3. The summed E-state index contributed by atoms with van der Waals surface area (Å²) in [6.07, 6.45) is 0.800. The van der Waals surface area contributed by atoms with Crippen LogP contribution in [-0.4, -0.2) is 25.1 Å². The summed E-state index contributed by atoms with van der Waals surface area (Å²) >= 11 is 3.15. The minimum atomic E-state index is -0.510. The Kier molecular flexibility index (Phi) is 9.57. The molecule has 3 N–H and O–H groups in total. The summed E-state index contributed by atoms with van der Waals surface area (Å²) in [6.45, 7) is 4.26. The molecule has 0 saturated heterocycles. The summed E-state index contributed by atoms with van der Waals surface area (Å²) in [5, 5.41) is 2.78. The van der Waals surface area contributed by atoms with Gasteiger partial charge in [0.25, 0.3) is 5.91 Å². The van der Waals surface area contributed by atoms with Gasteiger partial charge < -0.3 is 15.8 Å². The molecule has 1 amide bonds. The first kappa shape index (κ1) is 20.1. The zero-order chi connectivity index (χ0) is 15.1. The van der Waals surface area contributed by atoms with Crippen molar-refractivity contribution in [2.24, 2.45) is 11.7 Å². The van der Waals surface area contributed by atoms with E-state index in [1.54, 1.807) is 6.07 Å². The third-order valence-corrected chi connectivity index (χ3v) is 3.15. The predicted octanol–water partition coefficient (Wildman–Crippen LogP) is 2.88. The summed E-state index contributed by atoms with van der Waals surface area (Å²) in [7, 11) is 0. The summed E-state index contributed by atoms with van der Waals surface area (Å²) in [6, 6.07) is 4.33. The second-order valence-corrected chi connectivity index (χ2v) is 5.91. The summed E-state index contributed by atoms with van der Waals surface area (Å²) in [5.74, 6) is -0.321. The van der Waals surface area contributed by atoms with E-state index in [2.05, 4.69) is 35.1 Å². The van der Waals surface area contributed by atoms with E-state index < -0.39 is 5.82 Å². The molecule has 4 nitrogen and oxygen atoms in total. The Balaban J connectivity index is 0.00000400. The molecular formula is C14H21BrClFN2O2. The third-order valence-electron chi connectivity index (χ3n) is 2.66. The van der Waals surface area contributed by atoms with Crippen molar-refractivity contribution in [1.29, 1.82) is 0 Å². The van der Waals surface area contributed by atoms with Crippen LogP contribution < -0.4 is 15.8 Å². The number of benzene rings is 1. The lowest BCUT2D eigenvalue weighted by molar-refractivity contribution is -0.123. The largest absolute Gasteiger partial charge is 0.481 e. The molecule has 0 spiro atoms. The van der Waals surface area contributed by atoms with Gasteiger partial charge in [0.1, 0.15) is 0 Å². The smallest absolute Gasteiger partial charge is 0.258 e. The molecule has 1 aromatic rings. The van der Waals surface area contributed by atoms with Crippen LogP contribution in [0.15, 0.2) is 22.7 Å². The molecule has 0 radical (unpaired) electrons. The minimum Gasteiger partial charge on any atom is -0.481 e. The second-order valence-electron chi connectivity index (χ2n) is 4.99. The fourth-order valence-corrected chi connectivity index (χ4v) is 2.12. The Labute approximate surface area is 139 Å². The maximum atomic E-state index is 13.5. The van der Waals surface area contributed by atoms with Crippen molar-refractivity contribution in [1.82, 2.24) is 5.32 Å². The van der Waals surface area contributed by atoms with Gasteiger partial charge >= 0.3 is 0 Å². The molecule has 1 atom stereocenters. The standard InChI is InChI=1S/C14H20BrFN2O2.ClH/c1-9(2)5-11(7-17)18-14(19)8-20-13-4-3-10(15)6-12(13)16;/h3-4,6,9,11H,5,7-8,17H2,1-2H3,(H,18,19);1H. The normalized spacial score (nSPS) is 11.7. The first-order chi connectivity index (χ1) is 9.42. The van der Waals surface area contributed by atoms with Gasteiger partial charge in [0.2, 0.25) is 0 Å². The van der Waals surface area contributed by atoms with Crippen molar-refractivity contribution in [3.63, 3.8) is 0 Å². The van der Waals surface area contributed by atoms with Gasteiger partial charge in [-0.15, -0.1) is 12.4 Å². The van der Waals surface area contributed by atoms with Gasteiger partial charge in [0.05, 0.1) is 0 Å². The lowest BCUT2D eigenvalue weighted by Gasteiger charge is -2.18. The summed E-state index contributed by atoms with van der Waals surface area (Å²) in [4.78, 5) is 11.7.